The molecular weight excluding hydrogens is 224 g/mol. The molecule has 1 saturated heterocycles. The van der Waals surface area contributed by atoms with Crippen LogP contribution >= 0.6 is 0 Å². The van der Waals surface area contributed by atoms with Gasteiger partial charge in [-0.3, -0.25) is 9.69 Å². The van der Waals surface area contributed by atoms with Crippen molar-refractivity contribution < 1.29 is 4.79 Å². The highest BCUT2D eigenvalue weighted by molar-refractivity contribution is 5.78. The van der Waals surface area contributed by atoms with Gasteiger partial charge in [-0.25, -0.2) is 0 Å². The van der Waals surface area contributed by atoms with Gasteiger partial charge < -0.3 is 4.90 Å². The SMILES string of the molecule is C=C(C)CN(CC)C(=O)CN1CC(C)CC(C)C1. The second-order valence-electron chi connectivity index (χ2n) is 6.01. The molecule has 0 aromatic rings. The summed E-state index contributed by atoms with van der Waals surface area (Å²) in [7, 11) is 0. The third kappa shape index (κ3) is 4.81. The zero-order valence-electron chi connectivity index (χ0n) is 12.4. The average molecular weight is 252 g/mol. The first-order valence-electron chi connectivity index (χ1n) is 7.06. The van der Waals surface area contributed by atoms with E-state index in [9.17, 15) is 4.79 Å². The second-order valence-corrected chi connectivity index (χ2v) is 6.01. The van der Waals surface area contributed by atoms with E-state index in [0.29, 0.717) is 24.9 Å². The molecule has 1 aliphatic rings. The summed E-state index contributed by atoms with van der Waals surface area (Å²) >= 11 is 0. The fraction of sp³-hybridized carbons (Fsp3) is 0.800. The lowest BCUT2D eigenvalue weighted by molar-refractivity contribution is -0.132. The Labute approximate surface area is 112 Å². The van der Waals surface area contributed by atoms with Crippen LogP contribution in [0, 0.1) is 11.8 Å². The van der Waals surface area contributed by atoms with Crippen LogP contribution in [-0.4, -0.2) is 48.4 Å². The van der Waals surface area contributed by atoms with Crippen LogP contribution in [0.3, 0.4) is 0 Å². The van der Waals surface area contributed by atoms with Crippen molar-refractivity contribution in [2.75, 3.05) is 32.7 Å². The maximum Gasteiger partial charge on any atom is 0.237 e. The summed E-state index contributed by atoms with van der Waals surface area (Å²) in [6, 6.07) is 0. The van der Waals surface area contributed by atoms with Gasteiger partial charge in [0, 0.05) is 26.2 Å². The van der Waals surface area contributed by atoms with Crippen molar-refractivity contribution >= 4 is 5.91 Å². The number of hydrogen-bond acceptors (Lipinski definition) is 2. The van der Waals surface area contributed by atoms with E-state index in [1.807, 2.05) is 18.7 Å². The fourth-order valence-corrected chi connectivity index (χ4v) is 2.91. The van der Waals surface area contributed by atoms with Crippen molar-refractivity contribution in [1.29, 1.82) is 0 Å². The van der Waals surface area contributed by atoms with Gasteiger partial charge in [0.1, 0.15) is 0 Å². The number of piperidine rings is 1. The molecule has 0 aliphatic carbocycles. The van der Waals surface area contributed by atoms with Crippen molar-refractivity contribution in [3.8, 4) is 0 Å². The summed E-state index contributed by atoms with van der Waals surface area (Å²) in [5, 5.41) is 0. The van der Waals surface area contributed by atoms with Crippen molar-refractivity contribution in [3.05, 3.63) is 12.2 Å². The molecule has 2 atom stereocenters. The van der Waals surface area contributed by atoms with Gasteiger partial charge in [0.25, 0.3) is 0 Å². The molecule has 1 rings (SSSR count). The highest BCUT2D eigenvalue weighted by Gasteiger charge is 2.24. The lowest BCUT2D eigenvalue weighted by atomic mass is 9.92. The Morgan fingerprint density at radius 1 is 1.33 bits per heavy atom. The lowest BCUT2D eigenvalue weighted by Gasteiger charge is -2.35. The molecule has 2 unspecified atom stereocenters. The first-order chi connectivity index (χ1) is 8.42. The van der Waals surface area contributed by atoms with Crippen LogP contribution < -0.4 is 0 Å². The first kappa shape index (κ1) is 15.2. The van der Waals surface area contributed by atoms with Gasteiger partial charge >= 0.3 is 0 Å². The molecule has 0 bridgehead atoms. The van der Waals surface area contributed by atoms with E-state index in [0.717, 1.165) is 25.2 Å². The monoisotopic (exact) mass is 252 g/mol. The van der Waals surface area contributed by atoms with E-state index in [1.165, 1.54) is 6.42 Å². The Morgan fingerprint density at radius 3 is 2.33 bits per heavy atom. The van der Waals surface area contributed by atoms with Gasteiger partial charge in [0.15, 0.2) is 0 Å². The van der Waals surface area contributed by atoms with Gasteiger partial charge in [0.05, 0.1) is 6.54 Å². The first-order valence-corrected chi connectivity index (χ1v) is 7.06. The zero-order chi connectivity index (χ0) is 13.7. The molecule has 1 aliphatic heterocycles. The molecule has 0 N–H and O–H groups in total. The molecule has 0 radical (unpaired) electrons. The molecule has 1 heterocycles. The van der Waals surface area contributed by atoms with Crippen LogP contribution in [-0.2, 0) is 4.79 Å². The summed E-state index contributed by atoms with van der Waals surface area (Å²) in [6.07, 6.45) is 1.29. The van der Waals surface area contributed by atoms with E-state index in [4.69, 9.17) is 0 Å². The van der Waals surface area contributed by atoms with Crippen molar-refractivity contribution in [1.82, 2.24) is 9.80 Å². The average Bonchev–Trinajstić information content (AvgIpc) is 2.23. The van der Waals surface area contributed by atoms with Crippen LogP contribution in [0.25, 0.3) is 0 Å². The number of likely N-dealkylation sites (N-methyl/N-ethyl adjacent to an activating group) is 1. The number of amides is 1. The number of rotatable bonds is 5. The molecule has 1 fully saturated rings. The number of nitrogens with zero attached hydrogens (tertiary/aromatic N) is 2. The maximum absolute atomic E-state index is 12.2. The van der Waals surface area contributed by atoms with Crippen LogP contribution in [0.5, 0.6) is 0 Å². The van der Waals surface area contributed by atoms with Crippen molar-refractivity contribution in [2.45, 2.75) is 34.1 Å². The van der Waals surface area contributed by atoms with Gasteiger partial charge in [-0.05, 0) is 32.1 Å². The van der Waals surface area contributed by atoms with E-state index in [2.05, 4.69) is 25.3 Å². The molecular formula is C15H28N2O. The van der Waals surface area contributed by atoms with Gasteiger partial charge in [-0.2, -0.15) is 0 Å². The van der Waals surface area contributed by atoms with Crippen molar-refractivity contribution in [2.24, 2.45) is 11.8 Å². The van der Waals surface area contributed by atoms with Gasteiger partial charge in [-0.15, -0.1) is 0 Å². The minimum absolute atomic E-state index is 0.238. The molecule has 1 amide bonds. The summed E-state index contributed by atoms with van der Waals surface area (Å²) in [6.45, 7) is 16.6. The number of carbonyl (C=O) groups is 1. The lowest BCUT2D eigenvalue weighted by Crippen LogP contribution is -2.46. The Hall–Kier alpha value is -0.830. The van der Waals surface area contributed by atoms with E-state index >= 15 is 0 Å². The predicted molar refractivity (Wildman–Crippen MR) is 76.5 cm³/mol. The van der Waals surface area contributed by atoms with Crippen LogP contribution in [0.4, 0.5) is 0 Å². The number of likely N-dealkylation sites (tertiary alicyclic amines) is 1. The molecule has 0 spiro atoms. The third-order valence-corrected chi connectivity index (χ3v) is 3.50. The molecule has 3 nitrogen and oxygen atoms in total. The maximum atomic E-state index is 12.2. The molecule has 0 aromatic heterocycles. The summed E-state index contributed by atoms with van der Waals surface area (Å²) in [5.74, 6) is 1.65. The normalized spacial score (nSPS) is 24.9. The Bertz CT molecular complexity index is 291. The number of hydrogen-bond donors (Lipinski definition) is 0. The van der Waals surface area contributed by atoms with Crippen molar-refractivity contribution in [3.63, 3.8) is 0 Å². The van der Waals surface area contributed by atoms with E-state index < -0.39 is 0 Å². The predicted octanol–water partition coefficient (Wildman–Crippen LogP) is 2.39. The van der Waals surface area contributed by atoms with Crippen LogP contribution in [0.15, 0.2) is 12.2 Å². The van der Waals surface area contributed by atoms with Gasteiger partial charge in [0.2, 0.25) is 5.91 Å². The van der Waals surface area contributed by atoms with E-state index in [1.54, 1.807) is 0 Å². The number of carbonyl (C=O) groups excluding carboxylic acids is 1. The molecule has 18 heavy (non-hydrogen) atoms. The summed E-state index contributed by atoms with van der Waals surface area (Å²) in [4.78, 5) is 16.4. The largest absolute Gasteiger partial charge is 0.338 e. The summed E-state index contributed by atoms with van der Waals surface area (Å²) < 4.78 is 0. The highest BCUT2D eigenvalue weighted by Crippen LogP contribution is 2.20. The molecule has 3 heteroatoms. The zero-order valence-corrected chi connectivity index (χ0v) is 12.4. The fourth-order valence-electron chi connectivity index (χ4n) is 2.91. The second kappa shape index (κ2) is 6.93. The third-order valence-electron chi connectivity index (χ3n) is 3.50. The summed E-state index contributed by atoms with van der Waals surface area (Å²) in [5.41, 5.74) is 1.05. The molecule has 104 valence electrons. The van der Waals surface area contributed by atoms with Crippen LogP contribution in [0.2, 0.25) is 0 Å². The minimum Gasteiger partial charge on any atom is -0.338 e. The minimum atomic E-state index is 0.238. The standard InChI is InChI=1S/C15H28N2O/c1-6-17(8-12(2)3)15(18)11-16-9-13(4)7-14(5)10-16/h13-14H,2,6-11H2,1,3-5H3. The highest BCUT2D eigenvalue weighted by atomic mass is 16.2. The van der Waals surface area contributed by atoms with Crippen LogP contribution in [0.1, 0.15) is 34.1 Å². The Morgan fingerprint density at radius 2 is 1.89 bits per heavy atom. The van der Waals surface area contributed by atoms with E-state index in [-0.39, 0.29) is 5.91 Å². The quantitative estimate of drug-likeness (QED) is 0.701. The Balaban J connectivity index is 2.49. The Kier molecular flexibility index (Phi) is 5.86. The van der Waals surface area contributed by atoms with Gasteiger partial charge in [-0.1, -0.05) is 26.0 Å². The smallest absolute Gasteiger partial charge is 0.237 e. The molecule has 0 aromatic carbocycles. The topological polar surface area (TPSA) is 23.6 Å². The molecule has 0 saturated carbocycles.